The second-order valence-corrected chi connectivity index (χ2v) is 10.4. The van der Waals surface area contributed by atoms with Crippen molar-refractivity contribution in [2.75, 3.05) is 13.1 Å². The molecule has 34 heavy (non-hydrogen) atoms. The van der Waals surface area contributed by atoms with Gasteiger partial charge in [0.2, 0.25) is 11.8 Å². The van der Waals surface area contributed by atoms with Gasteiger partial charge in [0.1, 0.15) is 0 Å². The quantitative estimate of drug-likeness (QED) is 0.455. The van der Waals surface area contributed by atoms with Crippen molar-refractivity contribution in [1.82, 2.24) is 19.8 Å². The second-order valence-electron chi connectivity index (χ2n) is 10.4. The van der Waals surface area contributed by atoms with E-state index in [2.05, 4.69) is 58.5 Å². The fourth-order valence-electron chi connectivity index (χ4n) is 7.44. The highest BCUT2D eigenvalue weighted by Gasteiger charge is 2.54. The summed E-state index contributed by atoms with van der Waals surface area (Å²) in [6.07, 6.45) is 3.21. The number of carbonyl (C=O) groups excluding carboxylic acids is 2. The Morgan fingerprint density at radius 3 is 1.56 bits per heavy atom. The zero-order valence-electron chi connectivity index (χ0n) is 18.9. The minimum absolute atomic E-state index is 0.0581. The van der Waals surface area contributed by atoms with Crippen LogP contribution in [0.2, 0.25) is 0 Å². The van der Waals surface area contributed by atoms with Gasteiger partial charge in [-0.05, 0) is 48.9 Å². The van der Waals surface area contributed by atoms with Crippen molar-refractivity contribution < 1.29 is 9.59 Å². The van der Waals surface area contributed by atoms with Crippen molar-refractivity contribution in [1.29, 1.82) is 0 Å². The molecule has 0 aliphatic carbocycles. The van der Waals surface area contributed by atoms with Crippen LogP contribution in [0, 0.1) is 11.8 Å². The van der Waals surface area contributed by atoms with E-state index in [1.54, 1.807) is 0 Å². The maximum atomic E-state index is 13.6. The number of rotatable bonds is 1. The second kappa shape index (κ2) is 6.53. The molecule has 2 aromatic carbocycles. The summed E-state index contributed by atoms with van der Waals surface area (Å²) in [5.41, 5.74) is 7.36. The van der Waals surface area contributed by atoms with Crippen LogP contribution in [-0.2, 0) is 22.4 Å². The Morgan fingerprint density at radius 1 is 0.647 bits per heavy atom. The van der Waals surface area contributed by atoms with Crippen LogP contribution in [0.3, 0.4) is 0 Å². The molecule has 0 radical (unpaired) electrons. The van der Waals surface area contributed by atoms with E-state index in [9.17, 15) is 9.59 Å². The first-order valence-electron chi connectivity index (χ1n) is 12.5. The molecule has 4 aliphatic heterocycles. The minimum atomic E-state index is -0.228. The maximum Gasteiger partial charge on any atom is 0.227 e. The number of hydrogen-bond acceptors (Lipinski definition) is 2. The molecule has 6 heterocycles. The van der Waals surface area contributed by atoms with Gasteiger partial charge >= 0.3 is 0 Å². The van der Waals surface area contributed by atoms with Crippen molar-refractivity contribution in [3.63, 3.8) is 0 Å². The third-order valence-corrected chi connectivity index (χ3v) is 8.96. The lowest BCUT2D eigenvalue weighted by Crippen LogP contribution is -2.38. The van der Waals surface area contributed by atoms with Crippen LogP contribution in [0.4, 0.5) is 0 Å². The zero-order valence-corrected chi connectivity index (χ0v) is 18.9. The van der Waals surface area contributed by atoms with Gasteiger partial charge in [-0.2, -0.15) is 0 Å². The molecule has 0 spiro atoms. The van der Waals surface area contributed by atoms with Gasteiger partial charge in [0.15, 0.2) is 0 Å². The highest BCUT2D eigenvalue weighted by atomic mass is 16.2. The maximum absolute atomic E-state index is 13.6. The number of para-hydroxylation sites is 2. The fraction of sp³-hybridized carbons (Fsp3) is 0.357. The van der Waals surface area contributed by atoms with Crippen LogP contribution < -0.4 is 0 Å². The Labute approximate surface area is 196 Å². The number of aromatic nitrogens is 2. The number of hydrogen-bond donors (Lipinski definition) is 2. The SMILES string of the molecule is O=C1C(C2CC3c4[nH]c5ccccc5c4CCN3C2=O)CC2c3[nH]c4ccccc4c3CCN12. The molecule has 2 aromatic heterocycles. The fourth-order valence-corrected chi connectivity index (χ4v) is 7.44. The normalized spacial score (nSPS) is 27.9. The van der Waals surface area contributed by atoms with Gasteiger partial charge in [0.25, 0.3) is 0 Å². The van der Waals surface area contributed by atoms with Crippen molar-refractivity contribution in [2.24, 2.45) is 11.8 Å². The first-order valence-corrected chi connectivity index (χ1v) is 12.5. The third kappa shape index (κ3) is 2.31. The van der Waals surface area contributed by atoms with Crippen molar-refractivity contribution in [3.8, 4) is 0 Å². The van der Waals surface area contributed by atoms with Crippen LogP contribution in [0.25, 0.3) is 21.8 Å². The number of amides is 2. The van der Waals surface area contributed by atoms with Crippen LogP contribution in [0.1, 0.15) is 47.4 Å². The highest BCUT2D eigenvalue weighted by Crippen LogP contribution is 2.51. The largest absolute Gasteiger partial charge is 0.356 e. The van der Waals surface area contributed by atoms with Crippen LogP contribution in [0.15, 0.2) is 48.5 Å². The number of carbonyl (C=O) groups is 2. The summed E-state index contributed by atoms with van der Waals surface area (Å²) in [5.74, 6) is -0.115. The summed E-state index contributed by atoms with van der Waals surface area (Å²) in [6, 6.07) is 17.0. The third-order valence-electron chi connectivity index (χ3n) is 8.96. The molecule has 8 rings (SSSR count). The van der Waals surface area contributed by atoms with Crippen LogP contribution in [-0.4, -0.2) is 44.7 Å². The molecule has 0 saturated carbocycles. The van der Waals surface area contributed by atoms with E-state index < -0.39 is 0 Å². The molecule has 4 aromatic rings. The van der Waals surface area contributed by atoms with Gasteiger partial charge in [-0.3, -0.25) is 9.59 Å². The molecule has 0 bridgehead atoms. The molecule has 2 amide bonds. The molecule has 2 fully saturated rings. The molecule has 6 nitrogen and oxygen atoms in total. The van der Waals surface area contributed by atoms with Gasteiger partial charge in [-0.1, -0.05) is 36.4 Å². The summed E-state index contributed by atoms with van der Waals surface area (Å²) in [7, 11) is 0. The molecular weight excluding hydrogens is 424 g/mol. The van der Waals surface area contributed by atoms with Crippen molar-refractivity contribution in [2.45, 2.75) is 37.8 Å². The molecule has 4 unspecified atom stereocenters. The molecule has 170 valence electrons. The lowest BCUT2D eigenvalue weighted by atomic mass is 9.85. The smallest absolute Gasteiger partial charge is 0.227 e. The number of benzene rings is 2. The molecule has 2 saturated heterocycles. The highest BCUT2D eigenvalue weighted by molar-refractivity contribution is 5.93. The topological polar surface area (TPSA) is 72.2 Å². The van der Waals surface area contributed by atoms with Crippen LogP contribution >= 0.6 is 0 Å². The molecular formula is C28H26N4O2. The lowest BCUT2D eigenvalue weighted by molar-refractivity contribution is -0.140. The van der Waals surface area contributed by atoms with E-state index in [1.807, 2.05) is 9.80 Å². The summed E-state index contributed by atoms with van der Waals surface area (Å²) < 4.78 is 0. The summed E-state index contributed by atoms with van der Waals surface area (Å²) in [6.45, 7) is 1.49. The average Bonchev–Trinajstić information content (AvgIpc) is 3.60. The monoisotopic (exact) mass is 450 g/mol. The summed E-state index contributed by atoms with van der Waals surface area (Å²) >= 11 is 0. The molecule has 6 heteroatoms. The Morgan fingerprint density at radius 2 is 1.09 bits per heavy atom. The van der Waals surface area contributed by atoms with E-state index in [4.69, 9.17) is 0 Å². The van der Waals surface area contributed by atoms with E-state index >= 15 is 0 Å². The number of H-pyrrole nitrogens is 2. The lowest BCUT2D eigenvalue weighted by Gasteiger charge is -2.30. The van der Waals surface area contributed by atoms with Crippen LogP contribution in [0.5, 0.6) is 0 Å². The van der Waals surface area contributed by atoms with Gasteiger partial charge in [-0.15, -0.1) is 0 Å². The van der Waals surface area contributed by atoms with Crippen molar-refractivity contribution in [3.05, 3.63) is 71.0 Å². The summed E-state index contributed by atoms with van der Waals surface area (Å²) in [4.78, 5) is 38.6. The van der Waals surface area contributed by atoms with E-state index in [-0.39, 0.29) is 35.7 Å². The van der Waals surface area contributed by atoms with Gasteiger partial charge in [-0.25, -0.2) is 0 Å². The number of fused-ring (bicyclic) bond motifs is 10. The first kappa shape index (κ1) is 18.8. The zero-order chi connectivity index (χ0) is 22.6. The van der Waals surface area contributed by atoms with E-state index in [0.717, 1.165) is 49.8 Å². The Bertz CT molecular complexity index is 1400. The predicted molar refractivity (Wildman–Crippen MR) is 129 cm³/mol. The number of nitrogens with one attached hydrogen (secondary N) is 2. The van der Waals surface area contributed by atoms with E-state index in [1.165, 1.54) is 33.3 Å². The average molecular weight is 451 g/mol. The van der Waals surface area contributed by atoms with E-state index in [0.29, 0.717) is 0 Å². The molecule has 2 N–H and O–H groups in total. The predicted octanol–water partition coefficient (Wildman–Crippen LogP) is 4.24. The van der Waals surface area contributed by atoms with Crippen molar-refractivity contribution >= 4 is 33.6 Å². The minimum Gasteiger partial charge on any atom is -0.356 e. The number of aromatic amines is 2. The summed E-state index contributed by atoms with van der Waals surface area (Å²) in [5, 5.41) is 2.54. The van der Waals surface area contributed by atoms with Gasteiger partial charge in [0.05, 0.1) is 23.9 Å². The Hall–Kier alpha value is -3.54. The Kier molecular flexibility index (Phi) is 3.62. The molecule has 4 atom stereocenters. The number of nitrogens with zero attached hydrogens (tertiary/aromatic N) is 2. The Balaban J connectivity index is 1.14. The molecule has 4 aliphatic rings. The van der Waals surface area contributed by atoms with Gasteiger partial charge < -0.3 is 19.8 Å². The standard InChI is InChI=1S/C28H26N4O2/c33-27-19(13-23-25-17(9-11-31(23)27)15-5-1-3-7-21(15)29-25)20-14-24-26-18(10-12-32(24)28(20)34)16-6-2-4-8-22(16)30-26/h1-8,19-20,23-24,29-30H,9-14H2. The first-order chi connectivity index (χ1) is 16.7. The van der Waals surface area contributed by atoms with Gasteiger partial charge in [0, 0.05) is 46.3 Å².